The standard InChI is InChI=1S/C27H27N3O5S/c1-32-21-8-4-6-19(14-21)16-25-29-27(36-30-25)35-22-9-5-7-20(17-22)26(31)28-13-12-18-10-11-23(33-2)24(15-18)34-3/h4-11,14-15,17H,12-13,16H2,1-3H3,(H,28,31). The van der Waals surface area contributed by atoms with Crippen LogP contribution >= 0.6 is 11.5 Å². The Morgan fingerprint density at radius 1 is 0.861 bits per heavy atom. The molecule has 1 heterocycles. The Morgan fingerprint density at radius 2 is 1.67 bits per heavy atom. The normalized spacial score (nSPS) is 10.5. The molecular weight excluding hydrogens is 478 g/mol. The minimum atomic E-state index is -0.183. The van der Waals surface area contributed by atoms with E-state index < -0.39 is 0 Å². The molecule has 1 aromatic heterocycles. The monoisotopic (exact) mass is 505 g/mol. The third-order valence-corrected chi connectivity index (χ3v) is 6.03. The van der Waals surface area contributed by atoms with Gasteiger partial charge in [-0.15, -0.1) is 0 Å². The van der Waals surface area contributed by atoms with Crippen molar-refractivity contribution in [2.24, 2.45) is 0 Å². The van der Waals surface area contributed by atoms with Crippen LogP contribution in [0.3, 0.4) is 0 Å². The first-order valence-electron chi connectivity index (χ1n) is 11.3. The first-order valence-corrected chi connectivity index (χ1v) is 12.1. The fraction of sp³-hybridized carbons (Fsp3) is 0.222. The molecule has 0 fully saturated rings. The molecule has 0 radical (unpaired) electrons. The van der Waals surface area contributed by atoms with Crippen molar-refractivity contribution in [2.75, 3.05) is 27.9 Å². The lowest BCUT2D eigenvalue weighted by Crippen LogP contribution is -2.25. The van der Waals surface area contributed by atoms with Gasteiger partial charge in [-0.25, -0.2) is 0 Å². The molecule has 9 heteroatoms. The number of hydrogen-bond donors (Lipinski definition) is 1. The van der Waals surface area contributed by atoms with Crippen LogP contribution in [0.15, 0.2) is 66.7 Å². The quantitative estimate of drug-likeness (QED) is 0.309. The maximum Gasteiger partial charge on any atom is 0.298 e. The van der Waals surface area contributed by atoms with E-state index in [1.807, 2.05) is 42.5 Å². The van der Waals surface area contributed by atoms with Crippen LogP contribution in [0.1, 0.15) is 27.3 Å². The van der Waals surface area contributed by atoms with Gasteiger partial charge in [0.15, 0.2) is 17.3 Å². The summed E-state index contributed by atoms with van der Waals surface area (Å²) in [4.78, 5) is 17.1. The second-order valence-corrected chi connectivity index (χ2v) is 8.54. The van der Waals surface area contributed by atoms with Gasteiger partial charge in [-0.05, 0) is 60.0 Å². The highest BCUT2D eigenvalue weighted by Crippen LogP contribution is 2.28. The Balaban J connectivity index is 1.32. The first kappa shape index (κ1) is 25.0. The van der Waals surface area contributed by atoms with Crippen molar-refractivity contribution in [3.8, 4) is 28.2 Å². The molecule has 0 spiro atoms. The van der Waals surface area contributed by atoms with E-state index in [2.05, 4.69) is 14.7 Å². The Labute approximate surface area is 214 Å². The van der Waals surface area contributed by atoms with E-state index in [9.17, 15) is 4.79 Å². The number of rotatable bonds is 11. The number of nitrogens with one attached hydrogen (secondary N) is 1. The Kier molecular flexibility index (Phi) is 8.36. The molecule has 0 aliphatic heterocycles. The topological polar surface area (TPSA) is 91.8 Å². The van der Waals surface area contributed by atoms with Gasteiger partial charge in [-0.2, -0.15) is 9.36 Å². The predicted octanol–water partition coefficient (Wildman–Crippen LogP) is 4.92. The second kappa shape index (κ2) is 12.0. The summed E-state index contributed by atoms with van der Waals surface area (Å²) >= 11 is 1.17. The fourth-order valence-corrected chi connectivity index (χ4v) is 4.14. The van der Waals surface area contributed by atoms with Crippen molar-refractivity contribution < 1.29 is 23.7 Å². The van der Waals surface area contributed by atoms with Crippen LogP contribution in [-0.2, 0) is 12.8 Å². The lowest BCUT2D eigenvalue weighted by Gasteiger charge is -2.10. The molecule has 36 heavy (non-hydrogen) atoms. The highest BCUT2D eigenvalue weighted by molar-refractivity contribution is 7.07. The van der Waals surface area contributed by atoms with Crippen molar-refractivity contribution in [3.63, 3.8) is 0 Å². The maximum absolute atomic E-state index is 12.7. The summed E-state index contributed by atoms with van der Waals surface area (Å²) in [5, 5.41) is 3.36. The molecule has 0 aliphatic carbocycles. The van der Waals surface area contributed by atoms with Gasteiger partial charge in [-0.3, -0.25) is 4.79 Å². The van der Waals surface area contributed by atoms with Crippen molar-refractivity contribution in [1.29, 1.82) is 0 Å². The molecule has 0 saturated heterocycles. The summed E-state index contributed by atoms with van der Waals surface area (Å²) in [6, 6.07) is 20.5. The van der Waals surface area contributed by atoms with Crippen LogP contribution < -0.4 is 24.3 Å². The van der Waals surface area contributed by atoms with E-state index >= 15 is 0 Å². The summed E-state index contributed by atoms with van der Waals surface area (Å²) in [6.45, 7) is 0.476. The predicted molar refractivity (Wildman–Crippen MR) is 138 cm³/mol. The fourth-order valence-electron chi connectivity index (χ4n) is 3.58. The van der Waals surface area contributed by atoms with Gasteiger partial charge in [-0.1, -0.05) is 24.3 Å². The smallest absolute Gasteiger partial charge is 0.298 e. The molecule has 0 saturated carbocycles. The summed E-state index contributed by atoms with van der Waals surface area (Å²) in [6.07, 6.45) is 1.22. The van der Waals surface area contributed by atoms with Crippen molar-refractivity contribution in [1.82, 2.24) is 14.7 Å². The third kappa shape index (κ3) is 6.51. The first-order chi connectivity index (χ1) is 17.6. The molecule has 186 valence electrons. The zero-order valence-electron chi connectivity index (χ0n) is 20.3. The average Bonchev–Trinajstić information content (AvgIpc) is 3.35. The summed E-state index contributed by atoms with van der Waals surface area (Å²) in [5.41, 5.74) is 2.58. The molecule has 0 unspecified atom stereocenters. The lowest BCUT2D eigenvalue weighted by atomic mass is 10.1. The molecule has 8 nitrogen and oxygen atoms in total. The van der Waals surface area contributed by atoms with Gasteiger partial charge in [0.25, 0.3) is 11.1 Å². The SMILES string of the molecule is COc1cccc(Cc2nsc(Oc3cccc(C(=O)NCCc4ccc(OC)c(OC)c4)c3)n2)c1. The van der Waals surface area contributed by atoms with Gasteiger partial charge in [0.1, 0.15) is 11.5 Å². The van der Waals surface area contributed by atoms with Gasteiger partial charge >= 0.3 is 0 Å². The van der Waals surface area contributed by atoms with E-state index in [0.717, 1.165) is 16.9 Å². The number of carbonyl (C=O) groups is 1. The number of amides is 1. The van der Waals surface area contributed by atoms with Gasteiger partial charge in [0, 0.05) is 30.1 Å². The van der Waals surface area contributed by atoms with Crippen molar-refractivity contribution in [3.05, 3.63) is 89.2 Å². The van der Waals surface area contributed by atoms with Crippen LogP contribution in [0.2, 0.25) is 0 Å². The summed E-state index contributed by atoms with van der Waals surface area (Å²) in [7, 11) is 4.84. The van der Waals surface area contributed by atoms with E-state index in [1.165, 1.54) is 11.5 Å². The Morgan fingerprint density at radius 3 is 2.47 bits per heavy atom. The van der Waals surface area contributed by atoms with Gasteiger partial charge in [0.2, 0.25) is 0 Å². The largest absolute Gasteiger partial charge is 0.497 e. The minimum absolute atomic E-state index is 0.183. The highest BCUT2D eigenvalue weighted by atomic mass is 32.1. The molecule has 1 N–H and O–H groups in total. The van der Waals surface area contributed by atoms with E-state index in [-0.39, 0.29) is 5.91 Å². The average molecular weight is 506 g/mol. The Hall–Kier alpha value is -4.11. The van der Waals surface area contributed by atoms with E-state index in [4.69, 9.17) is 18.9 Å². The van der Waals surface area contributed by atoms with Crippen LogP contribution in [0.25, 0.3) is 0 Å². The number of aromatic nitrogens is 2. The Bertz CT molecular complexity index is 1320. The van der Waals surface area contributed by atoms with E-state index in [0.29, 0.717) is 53.2 Å². The summed E-state index contributed by atoms with van der Waals surface area (Å²) in [5.74, 6) is 3.12. The van der Waals surface area contributed by atoms with Crippen LogP contribution in [0, 0.1) is 0 Å². The van der Waals surface area contributed by atoms with Gasteiger partial charge < -0.3 is 24.3 Å². The minimum Gasteiger partial charge on any atom is -0.497 e. The number of ether oxygens (including phenoxy) is 4. The number of hydrogen-bond acceptors (Lipinski definition) is 8. The molecule has 0 bridgehead atoms. The van der Waals surface area contributed by atoms with Crippen LogP contribution in [-0.4, -0.2) is 43.1 Å². The molecule has 0 atom stereocenters. The van der Waals surface area contributed by atoms with Crippen molar-refractivity contribution in [2.45, 2.75) is 12.8 Å². The van der Waals surface area contributed by atoms with Crippen molar-refractivity contribution >= 4 is 17.4 Å². The molecule has 1 amide bonds. The maximum atomic E-state index is 12.7. The number of carbonyl (C=O) groups excluding carboxylic acids is 1. The second-order valence-electron chi connectivity index (χ2n) is 7.83. The number of nitrogens with zero attached hydrogens (tertiary/aromatic N) is 2. The molecule has 3 aromatic carbocycles. The lowest BCUT2D eigenvalue weighted by molar-refractivity contribution is 0.0954. The number of methoxy groups -OCH3 is 3. The van der Waals surface area contributed by atoms with E-state index in [1.54, 1.807) is 45.6 Å². The highest BCUT2D eigenvalue weighted by Gasteiger charge is 2.11. The molecular formula is C27H27N3O5S. The van der Waals surface area contributed by atoms with Crippen LogP contribution in [0.4, 0.5) is 0 Å². The zero-order chi connectivity index (χ0) is 25.3. The third-order valence-electron chi connectivity index (χ3n) is 5.39. The zero-order valence-corrected chi connectivity index (χ0v) is 21.1. The molecule has 4 aromatic rings. The van der Waals surface area contributed by atoms with Gasteiger partial charge in [0.05, 0.1) is 21.3 Å². The molecule has 4 rings (SSSR count). The van der Waals surface area contributed by atoms with Crippen LogP contribution in [0.5, 0.6) is 28.2 Å². The molecule has 0 aliphatic rings. The number of benzene rings is 3. The summed E-state index contributed by atoms with van der Waals surface area (Å²) < 4.78 is 26.1.